The van der Waals surface area contributed by atoms with Crippen molar-refractivity contribution >= 4 is 15.9 Å². The molecule has 2 atom stereocenters. The number of aromatic nitrogens is 2. The van der Waals surface area contributed by atoms with Crippen molar-refractivity contribution in [1.82, 2.24) is 15.1 Å². The van der Waals surface area contributed by atoms with E-state index in [-0.39, 0.29) is 0 Å². The molecule has 0 spiro atoms. The molecule has 2 fully saturated rings. The van der Waals surface area contributed by atoms with Gasteiger partial charge in [-0.3, -0.25) is 4.68 Å². The minimum atomic E-state index is -0.778. The SMILES string of the molecule is COCCn1ncc(Br)c1C1(O)CC2CCC(C1)N2. The maximum absolute atomic E-state index is 11.1. The van der Waals surface area contributed by atoms with E-state index in [4.69, 9.17) is 4.74 Å². The van der Waals surface area contributed by atoms with Gasteiger partial charge in [0.25, 0.3) is 0 Å². The van der Waals surface area contributed by atoms with Crippen molar-refractivity contribution in [1.29, 1.82) is 0 Å². The van der Waals surface area contributed by atoms with Crippen LogP contribution in [0.15, 0.2) is 10.7 Å². The third-order valence-corrected chi connectivity index (χ3v) is 4.83. The van der Waals surface area contributed by atoms with Gasteiger partial charge in [-0.25, -0.2) is 0 Å². The van der Waals surface area contributed by atoms with Crippen molar-refractivity contribution in [3.63, 3.8) is 0 Å². The monoisotopic (exact) mass is 329 g/mol. The van der Waals surface area contributed by atoms with E-state index in [0.717, 1.165) is 35.8 Å². The average molecular weight is 330 g/mol. The zero-order valence-corrected chi connectivity index (χ0v) is 12.7. The Hall–Kier alpha value is -0.430. The number of methoxy groups -OCH3 is 1. The summed E-state index contributed by atoms with van der Waals surface area (Å²) in [5, 5.41) is 19.0. The number of fused-ring (bicyclic) bond motifs is 2. The zero-order valence-electron chi connectivity index (χ0n) is 11.1. The van der Waals surface area contributed by atoms with Gasteiger partial charge in [-0.05, 0) is 41.6 Å². The van der Waals surface area contributed by atoms with Crippen molar-refractivity contribution in [3.05, 3.63) is 16.4 Å². The molecule has 1 aromatic rings. The molecule has 2 aliphatic heterocycles. The average Bonchev–Trinajstić information content (AvgIpc) is 2.90. The summed E-state index contributed by atoms with van der Waals surface area (Å²) in [4.78, 5) is 0. The van der Waals surface area contributed by atoms with E-state index in [1.165, 1.54) is 0 Å². The second-order valence-electron chi connectivity index (χ2n) is 5.63. The molecule has 0 saturated carbocycles. The summed E-state index contributed by atoms with van der Waals surface area (Å²) >= 11 is 3.54. The fourth-order valence-electron chi connectivity index (χ4n) is 3.49. The van der Waals surface area contributed by atoms with Gasteiger partial charge in [0.15, 0.2) is 0 Å². The van der Waals surface area contributed by atoms with Crippen LogP contribution in [0.3, 0.4) is 0 Å². The molecule has 2 bridgehead atoms. The molecule has 0 amide bonds. The van der Waals surface area contributed by atoms with Crippen LogP contribution in [0, 0.1) is 0 Å². The molecule has 2 saturated heterocycles. The molecule has 3 heterocycles. The maximum Gasteiger partial charge on any atom is 0.110 e. The number of nitrogens with one attached hydrogen (secondary N) is 1. The van der Waals surface area contributed by atoms with E-state index in [2.05, 4.69) is 26.3 Å². The number of halogens is 1. The Morgan fingerprint density at radius 2 is 2.21 bits per heavy atom. The number of hydrogen-bond acceptors (Lipinski definition) is 4. The van der Waals surface area contributed by atoms with Crippen molar-refractivity contribution in [2.24, 2.45) is 0 Å². The summed E-state index contributed by atoms with van der Waals surface area (Å²) in [7, 11) is 1.68. The molecule has 106 valence electrons. The molecule has 0 radical (unpaired) electrons. The van der Waals surface area contributed by atoms with Gasteiger partial charge in [0.2, 0.25) is 0 Å². The smallest absolute Gasteiger partial charge is 0.110 e. The standard InChI is InChI=1S/C13H20BrN3O2/c1-19-5-4-17-12(11(14)8-15-17)13(18)6-9-2-3-10(7-13)16-9/h8-10,16,18H,2-7H2,1H3. The van der Waals surface area contributed by atoms with E-state index in [1.54, 1.807) is 13.3 Å². The van der Waals surface area contributed by atoms with Crippen molar-refractivity contribution < 1.29 is 9.84 Å². The third-order valence-electron chi connectivity index (χ3n) is 4.25. The first-order valence-corrected chi connectivity index (χ1v) is 7.61. The van der Waals surface area contributed by atoms with Gasteiger partial charge in [0.1, 0.15) is 5.60 Å². The molecule has 0 aromatic carbocycles. The van der Waals surface area contributed by atoms with Gasteiger partial charge in [-0.2, -0.15) is 5.10 Å². The second kappa shape index (κ2) is 5.16. The lowest BCUT2D eigenvalue weighted by molar-refractivity contribution is -0.0205. The van der Waals surface area contributed by atoms with Crippen LogP contribution in [0.25, 0.3) is 0 Å². The van der Waals surface area contributed by atoms with E-state index in [1.807, 2.05) is 4.68 Å². The highest BCUT2D eigenvalue weighted by Crippen LogP contribution is 2.42. The molecule has 0 aliphatic carbocycles. The summed E-state index contributed by atoms with van der Waals surface area (Å²) in [5.74, 6) is 0. The summed E-state index contributed by atoms with van der Waals surface area (Å²) in [5.41, 5.74) is 0.128. The van der Waals surface area contributed by atoms with Crippen LogP contribution in [-0.4, -0.2) is 40.7 Å². The molecule has 6 heteroatoms. The fraction of sp³-hybridized carbons (Fsp3) is 0.769. The Labute approximate surface area is 121 Å². The first kappa shape index (κ1) is 13.5. The summed E-state index contributed by atoms with van der Waals surface area (Å²) in [6.45, 7) is 1.27. The van der Waals surface area contributed by atoms with Gasteiger partial charge in [-0.1, -0.05) is 0 Å². The van der Waals surface area contributed by atoms with Crippen molar-refractivity contribution in [3.8, 4) is 0 Å². The Kier molecular flexibility index (Phi) is 3.68. The second-order valence-corrected chi connectivity index (χ2v) is 6.49. The van der Waals surface area contributed by atoms with Crippen LogP contribution in [0.4, 0.5) is 0 Å². The van der Waals surface area contributed by atoms with Gasteiger partial charge in [-0.15, -0.1) is 0 Å². The lowest BCUT2D eigenvalue weighted by atomic mass is 9.84. The quantitative estimate of drug-likeness (QED) is 0.876. The Balaban J connectivity index is 1.90. The normalized spacial score (nSPS) is 33.8. The molecular formula is C13H20BrN3O2. The number of piperidine rings is 1. The van der Waals surface area contributed by atoms with Crippen molar-refractivity contribution in [2.45, 2.75) is 49.9 Å². The zero-order chi connectivity index (χ0) is 13.5. The van der Waals surface area contributed by atoms with Crippen molar-refractivity contribution in [2.75, 3.05) is 13.7 Å². The van der Waals surface area contributed by atoms with E-state index < -0.39 is 5.60 Å². The van der Waals surface area contributed by atoms with Crippen LogP contribution in [0.2, 0.25) is 0 Å². The van der Waals surface area contributed by atoms with E-state index in [9.17, 15) is 5.11 Å². The lowest BCUT2D eigenvalue weighted by Gasteiger charge is -2.37. The van der Waals surface area contributed by atoms with Gasteiger partial charge < -0.3 is 15.2 Å². The number of rotatable bonds is 4. The first-order valence-electron chi connectivity index (χ1n) is 6.81. The minimum Gasteiger partial charge on any atom is -0.383 e. The highest BCUT2D eigenvalue weighted by molar-refractivity contribution is 9.10. The number of nitrogens with zero attached hydrogens (tertiary/aromatic N) is 2. The Bertz CT molecular complexity index is 451. The highest BCUT2D eigenvalue weighted by atomic mass is 79.9. The molecule has 2 N–H and O–H groups in total. The van der Waals surface area contributed by atoms with E-state index in [0.29, 0.717) is 25.2 Å². The van der Waals surface area contributed by atoms with Crippen LogP contribution in [0.1, 0.15) is 31.4 Å². The van der Waals surface area contributed by atoms with Gasteiger partial charge in [0, 0.05) is 19.2 Å². The lowest BCUT2D eigenvalue weighted by Crippen LogP contribution is -2.47. The van der Waals surface area contributed by atoms with Crippen LogP contribution >= 0.6 is 15.9 Å². The van der Waals surface area contributed by atoms with Gasteiger partial charge >= 0.3 is 0 Å². The molecule has 1 aromatic heterocycles. The molecule has 2 aliphatic rings. The van der Waals surface area contributed by atoms with Crippen LogP contribution in [-0.2, 0) is 16.9 Å². The maximum atomic E-state index is 11.1. The predicted molar refractivity (Wildman–Crippen MR) is 74.9 cm³/mol. The molecule has 19 heavy (non-hydrogen) atoms. The Morgan fingerprint density at radius 1 is 1.53 bits per heavy atom. The number of hydrogen-bond donors (Lipinski definition) is 2. The molecule has 5 nitrogen and oxygen atoms in total. The topological polar surface area (TPSA) is 59.3 Å². The van der Waals surface area contributed by atoms with E-state index >= 15 is 0 Å². The summed E-state index contributed by atoms with van der Waals surface area (Å²) in [6.07, 6.45) is 5.63. The largest absolute Gasteiger partial charge is 0.383 e. The summed E-state index contributed by atoms with van der Waals surface area (Å²) < 4.78 is 7.88. The fourth-order valence-corrected chi connectivity index (χ4v) is 4.15. The van der Waals surface area contributed by atoms with Crippen LogP contribution in [0.5, 0.6) is 0 Å². The van der Waals surface area contributed by atoms with Crippen LogP contribution < -0.4 is 5.32 Å². The first-order chi connectivity index (χ1) is 9.12. The third kappa shape index (κ3) is 2.46. The molecule has 3 rings (SSSR count). The van der Waals surface area contributed by atoms with Gasteiger partial charge in [0.05, 0.1) is 29.5 Å². The Morgan fingerprint density at radius 3 is 2.84 bits per heavy atom. The summed E-state index contributed by atoms with van der Waals surface area (Å²) in [6, 6.07) is 0.864. The minimum absolute atomic E-state index is 0.432. The number of aliphatic hydroxyl groups is 1. The highest BCUT2D eigenvalue weighted by Gasteiger charge is 2.46. The molecule has 2 unspecified atom stereocenters. The number of ether oxygens (including phenoxy) is 1. The predicted octanol–water partition coefficient (Wildman–Crippen LogP) is 1.39. The molecular weight excluding hydrogens is 310 g/mol.